The summed E-state index contributed by atoms with van der Waals surface area (Å²) >= 11 is 6.40. The summed E-state index contributed by atoms with van der Waals surface area (Å²) < 4.78 is 5.14. The van der Waals surface area contributed by atoms with Crippen molar-refractivity contribution in [3.63, 3.8) is 0 Å². The second-order valence-corrected chi connectivity index (χ2v) is 12.4. The van der Waals surface area contributed by atoms with Crippen molar-refractivity contribution in [2.45, 2.75) is 65.7 Å². The number of azo groups is 1. The number of H-pyrrole nitrogens is 1. The second kappa shape index (κ2) is 9.49. The van der Waals surface area contributed by atoms with E-state index in [1.54, 1.807) is 12.1 Å². The third-order valence-electron chi connectivity index (χ3n) is 6.77. The highest BCUT2D eigenvalue weighted by molar-refractivity contribution is 6.33. The molecule has 4 aromatic rings. The zero-order valence-corrected chi connectivity index (χ0v) is 23.2. The van der Waals surface area contributed by atoms with E-state index >= 15 is 0 Å². The summed E-state index contributed by atoms with van der Waals surface area (Å²) in [6, 6.07) is 17.2. The fourth-order valence-electron chi connectivity index (χ4n) is 5.15. The van der Waals surface area contributed by atoms with Crippen molar-refractivity contribution < 1.29 is 9.52 Å². The molecule has 0 aliphatic heterocycles. The first-order valence-corrected chi connectivity index (χ1v) is 12.7. The first-order valence-electron chi connectivity index (χ1n) is 12.3. The van der Waals surface area contributed by atoms with Gasteiger partial charge in [0.15, 0.2) is 5.58 Å². The van der Waals surface area contributed by atoms with E-state index in [9.17, 15) is 9.90 Å². The van der Waals surface area contributed by atoms with E-state index in [1.165, 1.54) is 0 Å². The highest BCUT2D eigenvalue weighted by Gasteiger charge is 2.33. The van der Waals surface area contributed by atoms with Crippen molar-refractivity contribution >= 4 is 34.1 Å². The van der Waals surface area contributed by atoms with Crippen molar-refractivity contribution in [2.24, 2.45) is 15.6 Å². The number of aromatic amines is 1. The standard InChI is InChI=1S/C30H34ClN3O3/c1-28(2,3)17-29(4,5)19-13-20(30(6,7)18-11-9-8-10-12-18)26(35)24(14-19)34-33-22-16-25-23(15-21(22)31)32-27(36)37-25/h8-16,35H,17H2,1-7H3,(H,32,36). The Kier molecular flexibility index (Phi) is 6.84. The molecule has 0 unspecified atom stereocenters. The number of nitrogens with zero attached hydrogens (tertiary/aromatic N) is 2. The summed E-state index contributed by atoms with van der Waals surface area (Å²) in [6.45, 7) is 15.3. The highest BCUT2D eigenvalue weighted by atomic mass is 35.5. The van der Waals surface area contributed by atoms with Gasteiger partial charge in [0.25, 0.3) is 0 Å². The number of rotatable bonds is 6. The fraction of sp³-hybridized carbons (Fsp3) is 0.367. The van der Waals surface area contributed by atoms with Gasteiger partial charge in [0, 0.05) is 17.0 Å². The molecule has 2 N–H and O–H groups in total. The van der Waals surface area contributed by atoms with E-state index < -0.39 is 11.2 Å². The molecule has 0 amide bonds. The predicted molar refractivity (Wildman–Crippen MR) is 150 cm³/mol. The molecule has 3 aromatic carbocycles. The number of nitrogens with one attached hydrogen (secondary N) is 1. The van der Waals surface area contributed by atoms with Gasteiger partial charge >= 0.3 is 5.76 Å². The van der Waals surface area contributed by atoms with Crippen LogP contribution in [0.5, 0.6) is 5.75 Å². The van der Waals surface area contributed by atoms with Gasteiger partial charge in [0.2, 0.25) is 0 Å². The van der Waals surface area contributed by atoms with E-state index in [-0.39, 0.29) is 16.6 Å². The predicted octanol–water partition coefficient (Wildman–Crippen LogP) is 8.94. The van der Waals surface area contributed by atoms with Gasteiger partial charge in [-0.1, -0.05) is 96.5 Å². The molecule has 0 saturated carbocycles. The number of hydrogen-bond acceptors (Lipinski definition) is 5. The minimum absolute atomic E-state index is 0.0679. The maximum Gasteiger partial charge on any atom is 0.417 e. The quantitative estimate of drug-likeness (QED) is 0.249. The molecule has 194 valence electrons. The van der Waals surface area contributed by atoms with E-state index in [4.69, 9.17) is 16.0 Å². The largest absolute Gasteiger partial charge is 0.505 e. The fourth-order valence-corrected chi connectivity index (χ4v) is 5.35. The summed E-state index contributed by atoms with van der Waals surface area (Å²) in [5, 5.41) is 20.6. The zero-order valence-electron chi connectivity index (χ0n) is 22.4. The molecule has 0 atom stereocenters. The van der Waals surface area contributed by atoms with Gasteiger partial charge in [0.05, 0.1) is 10.5 Å². The van der Waals surface area contributed by atoms with Crippen LogP contribution < -0.4 is 5.76 Å². The van der Waals surface area contributed by atoms with Gasteiger partial charge in [-0.3, -0.25) is 4.98 Å². The Hall–Kier alpha value is -3.38. The van der Waals surface area contributed by atoms with E-state index in [0.717, 1.165) is 23.1 Å². The molecule has 0 aliphatic rings. The van der Waals surface area contributed by atoms with Gasteiger partial charge in [-0.2, -0.15) is 0 Å². The summed E-state index contributed by atoms with van der Waals surface area (Å²) in [6.07, 6.45) is 0.932. The number of halogens is 1. The molecule has 0 fully saturated rings. The lowest BCUT2D eigenvalue weighted by Gasteiger charge is -2.35. The molecule has 6 nitrogen and oxygen atoms in total. The molecule has 0 spiro atoms. The molecule has 7 heteroatoms. The van der Waals surface area contributed by atoms with Crippen LogP contribution in [0.2, 0.25) is 5.02 Å². The van der Waals surface area contributed by atoms with Crippen LogP contribution in [0.4, 0.5) is 11.4 Å². The normalized spacial score (nSPS) is 13.1. The molecule has 0 bridgehead atoms. The van der Waals surface area contributed by atoms with Crippen LogP contribution in [0.25, 0.3) is 11.1 Å². The van der Waals surface area contributed by atoms with Crippen molar-refractivity contribution in [3.8, 4) is 5.75 Å². The third-order valence-corrected chi connectivity index (χ3v) is 7.07. The number of oxazole rings is 1. The first-order chi connectivity index (χ1) is 17.2. The highest BCUT2D eigenvalue weighted by Crippen LogP contribution is 2.47. The number of aromatic hydroxyl groups is 1. The van der Waals surface area contributed by atoms with Crippen LogP contribution in [0, 0.1) is 5.41 Å². The summed E-state index contributed by atoms with van der Waals surface area (Å²) in [7, 11) is 0. The summed E-state index contributed by atoms with van der Waals surface area (Å²) in [5.41, 5.74) is 3.82. The number of phenols is 1. The lowest BCUT2D eigenvalue weighted by atomic mass is 9.70. The lowest BCUT2D eigenvalue weighted by Crippen LogP contribution is -2.26. The van der Waals surface area contributed by atoms with E-state index in [1.807, 2.05) is 24.3 Å². The molecule has 4 rings (SSSR count). The Morgan fingerprint density at radius 3 is 2.19 bits per heavy atom. The second-order valence-electron chi connectivity index (χ2n) is 12.0. The molecular weight excluding hydrogens is 486 g/mol. The number of fused-ring (bicyclic) bond motifs is 1. The molecular formula is C30H34ClN3O3. The number of phenolic OH excluding ortho intramolecular Hbond substituents is 1. The summed E-state index contributed by atoms with van der Waals surface area (Å²) in [4.78, 5) is 14.1. The van der Waals surface area contributed by atoms with Crippen LogP contribution in [-0.2, 0) is 10.8 Å². The van der Waals surface area contributed by atoms with Gasteiger partial charge in [-0.15, -0.1) is 10.2 Å². The number of hydrogen-bond donors (Lipinski definition) is 2. The Labute approximate surface area is 222 Å². The smallest absolute Gasteiger partial charge is 0.417 e. The van der Waals surface area contributed by atoms with Gasteiger partial charge < -0.3 is 9.52 Å². The Bertz CT molecular complexity index is 1520. The minimum Gasteiger partial charge on any atom is -0.505 e. The Balaban J connectivity index is 1.88. The topological polar surface area (TPSA) is 91.0 Å². The van der Waals surface area contributed by atoms with Gasteiger partial charge in [-0.05, 0) is 40.5 Å². The molecule has 0 aliphatic carbocycles. The van der Waals surface area contributed by atoms with E-state index in [2.05, 4.69) is 81.9 Å². The van der Waals surface area contributed by atoms with Crippen molar-refractivity contribution in [3.05, 3.63) is 86.9 Å². The van der Waals surface area contributed by atoms with Crippen LogP contribution in [0.1, 0.15) is 71.6 Å². The monoisotopic (exact) mass is 519 g/mol. The third kappa shape index (κ3) is 5.64. The van der Waals surface area contributed by atoms with Crippen molar-refractivity contribution in [1.29, 1.82) is 0 Å². The summed E-state index contributed by atoms with van der Waals surface area (Å²) in [5.74, 6) is -0.502. The Morgan fingerprint density at radius 1 is 0.892 bits per heavy atom. The molecule has 0 radical (unpaired) electrons. The molecule has 0 saturated heterocycles. The van der Waals surface area contributed by atoms with Crippen LogP contribution >= 0.6 is 11.6 Å². The van der Waals surface area contributed by atoms with Crippen molar-refractivity contribution in [1.82, 2.24) is 4.98 Å². The van der Waals surface area contributed by atoms with Crippen molar-refractivity contribution in [2.75, 3.05) is 0 Å². The average Bonchev–Trinajstić information content (AvgIpc) is 3.15. The molecule has 1 aromatic heterocycles. The first kappa shape index (κ1) is 26.7. The van der Waals surface area contributed by atoms with Crippen LogP contribution in [0.3, 0.4) is 0 Å². The average molecular weight is 520 g/mol. The SMILES string of the molecule is CC(C)(C)CC(C)(C)c1cc(N=Nc2cc3oc(=O)[nH]c3cc2Cl)c(O)c(C(C)(C)c2ccccc2)c1. The Morgan fingerprint density at radius 2 is 1.54 bits per heavy atom. The zero-order chi connectivity index (χ0) is 27.2. The molecule has 1 heterocycles. The minimum atomic E-state index is -0.570. The number of benzene rings is 3. The van der Waals surface area contributed by atoms with E-state index in [0.29, 0.717) is 27.5 Å². The van der Waals surface area contributed by atoms with Gasteiger partial charge in [0.1, 0.15) is 17.1 Å². The van der Waals surface area contributed by atoms with Crippen LogP contribution in [-0.4, -0.2) is 10.1 Å². The maximum atomic E-state index is 11.6. The maximum absolute atomic E-state index is 11.6. The van der Waals surface area contributed by atoms with Gasteiger partial charge in [-0.25, -0.2) is 4.79 Å². The lowest BCUT2D eigenvalue weighted by molar-refractivity contribution is 0.283. The number of aromatic nitrogens is 1. The molecule has 37 heavy (non-hydrogen) atoms. The van der Waals surface area contributed by atoms with Crippen LogP contribution in [0.15, 0.2) is 74.0 Å².